The van der Waals surface area contributed by atoms with E-state index in [9.17, 15) is 0 Å². The molecule has 0 heterocycles. The Morgan fingerprint density at radius 1 is 0.667 bits per heavy atom. The van der Waals surface area contributed by atoms with Crippen molar-refractivity contribution in [1.29, 1.82) is 0 Å². The van der Waals surface area contributed by atoms with E-state index in [0.29, 0.717) is 11.8 Å². The minimum atomic E-state index is 0. The van der Waals surface area contributed by atoms with Gasteiger partial charge in [-0.05, 0) is 110 Å². The third-order valence-electron chi connectivity index (χ3n) is 10.6. The molecular weight excluding hydrogens is 631 g/mol. The first kappa shape index (κ1) is 37.6. The van der Waals surface area contributed by atoms with Gasteiger partial charge in [-0.3, -0.25) is 0 Å². The molecule has 2 atom stereocenters. The van der Waals surface area contributed by atoms with Crippen LogP contribution in [0.5, 0.6) is 0 Å². The van der Waals surface area contributed by atoms with E-state index in [1.807, 2.05) is 0 Å². The average molecular weight is 685 g/mol. The van der Waals surface area contributed by atoms with Crippen LogP contribution in [-0.2, 0) is 37.0 Å². The molecule has 0 radical (unpaired) electrons. The summed E-state index contributed by atoms with van der Waals surface area (Å²) in [5.41, 5.74) is 15.9. The zero-order valence-corrected chi connectivity index (χ0v) is 32.8. The molecule has 42 heavy (non-hydrogen) atoms. The largest absolute Gasteiger partial charge is 2.00 e. The third kappa shape index (κ3) is 5.76. The number of benzene rings is 2. The fourth-order valence-electron chi connectivity index (χ4n) is 8.43. The molecule has 0 aliphatic heterocycles. The molecule has 3 aliphatic rings. The first-order valence-electron chi connectivity index (χ1n) is 15.4. The summed E-state index contributed by atoms with van der Waals surface area (Å²) in [6, 6.07) is 10.3. The first-order chi connectivity index (χ1) is 17.7. The van der Waals surface area contributed by atoms with Crippen LogP contribution in [-0.4, -0.2) is 0 Å². The van der Waals surface area contributed by atoms with Crippen molar-refractivity contribution in [3.8, 4) is 11.1 Å². The van der Waals surface area contributed by atoms with Crippen LogP contribution in [0.3, 0.4) is 0 Å². The van der Waals surface area contributed by atoms with Crippen LogP contribution in [0.25, 0.3) is 11.1 Å². The third-order valence-corrected chi connectivity index (χ3v) is 10.6. The Kier molecular flexibility index (Phi) is 10.4. The van der Waals surface area contributed by atoms with Crippen molar-refractivity contribution in [1.82, 2.24) is 0 Å². The molecule has 0 N–H and O–H groups in total. The summed E-state index contributed by atoms with van der Waals surface area (Å²) in [7, 11) is 0. The summed E-state index contributed by atoms with van der Waals surface area (Å²) in [5, 5.41) is 0. The van der Waals surface area contributed by atoms with E-state index in [-0.39, 0.29) is 78.1 Å². The predicted molar refractivity (Wildman–Crippen MR) is 171 cm³/mol. The van der Waals surface area contributed by atoms with Gasteiger partial charge in [0.1, 0.15) is 0 Å². The Hall–Kier alpha value is -0.617. The van der Waals surface area contributed by atoms with Crippen LogP contribution in [0.15, 0.2) is 47.6 Å². The van der Waals surface area contributed by atoms with Gasteiger partial charge in [0, 0.05) is 11.3 Å². The van der Waals surface area contributed by atoms with Crippen LogP contribution >= 0.6 is 0 Å². The van der Waals surface area contributed by atoms with E-state index in [4.69, 9.17) is 0 Å². The molecular formula is C39H54Cl2Zr. The maximum Gasteiger partial charge on any atom is 2.00 e. The molecule has 0 amide bonds. The van der Waals surface area contributed by atoms with Gasteiger partial charge in [-0.15, -0.1) is 0 Å². The standard InChI is InChI=1S/C39H54.2ClH.Zr/c1-23-17-29-27(21-31(23)36(6,7)8)28-22-32(37(9,10)11)24(2)18-30(28)34(29)39(38(12,13)14)16-15-25-19-26(20-33(25)39)35(3,4)5;;;/h15,17-18,20-22,26,34H,16,19H2,1-14H3;2*1H;/q;;;+2/p-2. The smallest absolute Gasteiger partial charge is 1.00 e. The zero-order chi connectivity index (χ0) is 29.1. The molecule has 0 fully saturated rings. The Morgan fingerprint density at radius 2 is 1.10 bits per heavy atom. The molecule has 228 valence electrons. The number of fused-ring (bicyclic) bond motifs is 4. The Bertz CT molecular complexity index is 1340. The normalized spacial score (nSPS) is 21.8. The fraction of sp³-hybridized carbons (Fsp3) is 0.590. The van der Waals surface area contributed by atoms with E-state index in [0.717, 1.165) is 6.42 Å². The Labute approximate surface area is 289 Å². The molecule has 3 aliphatic carbocycles. The monoisotopic (exact) mass is 682 g/mol. The van der Waals surface area contributed by atoms with Gasteiger partial charge < -0.3 is 24.8 Å². The van der Waals surface area contributed by atoms with Crippen molar-refractivity contribution < 1.29 is 51.0 Å². The maximum absolute atomic E-state index is 2.72. The molecule has 0 saturated heterocycles. The van der Waals surface area contributed by atoms with Crippen LogP contribution < -0.4 is 24.8 Å². The van der Waals surface area contributed by atoms with Crippen molar-refractivity contribution >= 4 is 0 Å². The molecule has 0 nitrogen and oxygen atoms in total. The van der Waals surface area contributed by atoms with Crippen molar-refractivity contribution in [3.05, 3.63) is 80.9 Å². The summed E-state index contributed by atoms with van der Waals surface area (Å²) in [6.45, 7) is 33.7. The van der Waals surface area contributed by atoms with E-state index in [2.05, 4.69) is 133 Å². The summed E-state index contributed by atoms with van der Waals surface area (Å²) >= 11 is 0. The fourth-order valence-corrected chi connectivity index (χ4v) is 8.43. The van der Waals surface area contributed by atoms with Gasteiger partial charge in [0.25, 0.3) is 0 Å². The molecule has 0 bridgehead atoms. The molecule has 3 heteroatoms. The number of rotatable bonds is 1. The minimum absolute atomic E-state index is 0. The second-order valence-corrected chi connectivity index (χ2v) is 17.4. The Balaban J connectivity index is 0.00000205. The molecule has 5 rings (SSSR count). The molecule has 2 aromatic carbocycles. The van der Waals surface area contributed by atoms with E-state index < -0.39 is 0 Å². The van der Waals surface area contributed by atoms with Gasteiger partial charge >= 0.3 is 26.2 Å². The van der Waals surface area contributed by atoms with Crippen LogP contribution in [0.2, 0.25) is 0 Å². The van der Waals surface area contributed by atoms with Crippen LogP contribution in [0.1, 0.15) is 135 Å². The number of aryl methyl sites for hydroxylation is 2. The SMILES string of the molecule is Cc1cc2c(cc1C(C)(C)C)-c1cc(C(C)(C)C)c(C)cc1C2C1(C(C)(C)C)CC=C2CC(C(C)(C)C)C=C21.[Cl-].[Cl-].[Zr+2]. The van der Waals surface area contributed by atoms with Gasteiger partial charge in [-0.2, -0.15) is 0 Å². The van der Waals surface area contributed by atoms with Crippen molar-refractivity contribution in [2.24, 2.45) is 22.2 Å². The number of allylic oxidation sites excluding steroid dienone is 4. The predicted octanol–water partition coefficient (Wildman–Crippen LogP) is 5.37. The molecule has 2 unspecified atom stereocenters. The van der Waals surface area contributed by atoms with Gasteiger partial charge in [-0.1, -0.05) is 120 Å². The number of hydrogen-bond acceptors (Lipinski definition) is 0. The maximum atomic E-state index is 2.72. The van der Waals surface area contributed by atoms with Crippen LogP contribution in [0.4, 0.5) is 0 Å². The van der Waals surface area contributed by atoms with E-state index in [1.165, 1.54) is 39.8 Å². The number of halogens is 2. The van der Waals surface area contributed by atoms with E-state index in [1.54, 1.807) is 22.3 Å². The summed E-state index contributed by atoms with van der Waals surface area (Å²) in [4.78, 5) is 0. The van der Waals surface area contributed by atoms with Gasteiger partial charge in [0.05, 0.1) is 0 Å². The molecule has 0 aromatic heterocycles. The molecule has 2 aromatic rings. The van der Waals surface area contributed by atoms with Gasteiger partial charge in [-0.25, -0.2) is 0 Å². The first-order valence-corrected chi connectivity index (χ1v) is 15.4. The van der Waals surface area contributed by atoms with Gasteiger partial charge in [0.2, 0.25) is 0 Å². The quantitative estimate of drug-likeness (QED) is 0.379. The second kappa shape index (κ2) is 11.6. The van der Waals surface area contributed by atoms with Crippen molar-refractivity contribution in [3.63, 3.8) is 0 Å². The molecule has 0 spiro atoms. The summed E-state index contributed by atoms with van der Waals surface area (Å²) in [6.07, 6.45) is 7.69. The van der Waals surface area contributed by atoms with Crippen LogP contribution in [0, 0.1) is 36.0 Å². The summed E-state index contributed by atoms with van der Waals surface area (Å²) in [5.74, 6) is 0.970. The number of hydrogen-bond donors (Lipinski definition) is 0. The second-order valence-electron chi connectivity index (χ2n) is 17.4. The van der Waals surface area contributed by atoms with Gasteiger partial charge in [0.15, 0.2) is 0 Å². The summed E-state index contributed by atoms with van der Waals surface area (Å²) < 4.78 is 0. The zero-order valence-electron chi connectivity index (χ0n) is 28.8. The average Bonchev–Trinajstić information content (AvgIpc) is 3.40. The van der Waals surface area contributed by atoms with E-state index >= 15 is 0 Å². The minimum Gasteiger partial charge on any atom is -1.00 e. The Morgan fingerprint density at radius 3 is 1.45 bits per heavy atom. The molecule has 0 saturated carbocycles. The topological polar surface area (TPSA) is 0 Å². The van der Waals surface area contributed by atoms with Crippen molar-refractivity contribution in [2.45, 2.75) is 127 Å². The van der Waals surface area contributed by atoms with Crippen molar-refractivity contribution in [2.75, 3.05) is 0 Å².